The van der Waals surface area contributed by atoms with Crippen LogP contribution in [0.5, 0.6) is 0 Å². The van der Waals surface area contributed by atoms with E-state index in [1.807, 2.05) is 0 Å². The van der Waals surface area contributed by atoms with E-state index in [-0.39, 0.29) is 37.6 Å². The van der Waals surface area contributed by atoms with Gasteiger partial charge < -0.3 is 24.4 Å². The molecule has 0 spiro atoms. The van der Waals surface area contributed by atoms with Crippen LogP contribution in [-0.4, -0.2) is 48.8 Å². The third-order valence-corrected chi connectivity index (χ3v) is 5.55. The van der Waals surface area contributed by atoms with Crippen molar-refractivity contribution in [2.24, 2.45) is 0 Å². The van der Waals surface area contributed by atoms with E-state index in [2.05, 4.69) is 48.5 Å². The van der Waals surface area contributed by atoms with E-state index in [1.165, 1.54) is 11.1 Å². The lowest BCUT2D eigenvalue weighted by Crippen LogP contribution is -2.19. The Kier molecular flexibility index (Phi) is 6.95. The number of aliphatic hydroxyl groups excluding tert-OH is 2. The van der Waals surface area contributed by atoms with Crippen LogP contribution in [0.15, 0.2) is 48.5 Å². The summed E-state index contributed by atoms with van der Waals surface area (Å²) in [6, 6.07) is 16.9. The number of ether oxygens (including phenoxy) is 3. The molecule has 2 aliphatic heterocycles. The van der Waals surface area contributed by atoms with Crippen LogP contribution in [0.25, 0.3) is 0 Å². The second-order valence-electron chi connectivity index (χ2n) is 7.86. The molecule has 5 nitrogen and oxygen atoms in total. The van der Waals surface area contributed by atoms with Gasteiger partial charge in [-0.1, -0.05) is 48.5 Å². The topological polar surface area (TPSA) is 74.8 Å². The molecule has 5 heteroatoms. The van der Waals surface area contributed by atoms with Crippen LogP contribution in [-0.2, 0) is 27.1 Å². The molecule has 0 aromatic heterocycles. The first-order valence-corrected chi connectivity index (χ1v) is 10.6. The SMILES string of the molecule is OCCCc1ccc(C(OC(c2ccc(CCCO)cc2)C2CO2)C2CO2)cc1. The molecule has 2 aromatic rings. The second kappa shape index (κ2) is 9.83. The maximum absolute atomic E-state index is 9.02. The van der Waals surface area contributed by atoms with Crippen molar-refractivity contribution in [3.05, 3.63) is 70.8 Å². The minimum absolute atomic E-state index is 0.0865. The van der Waals surface area contributed by atoms with Gasteiger partial charge in [0, 0.05) is 13.2 Å². The highest BCUT2D eigenvalue weighted by atomic mass is 16.6. The summed E-state index contributed by atoms with van der Waals surface area (Å²) in [5, 5.41) is 18.0. The molecule has 2 fully saturated rings. The van der Waals surface area contributed by atoms with Crippen molar-refractivity contribution in [3.8, 4) is 0 Å². The van der Waals surface area contributed by atoms with Gasteiger partial charge in [-0.2, -0.15) is 0 Å². The molecule has 2 heterocycles. The summed E-state index contributed by atoms with van der Waals surface area (Å²) in [6.45, 7) is 1.86. The van der Waals surface area contributed by atoms with E-state index < -0.39 is 0 Å². The molecule has 4 unspecified atom stereocenters. The van der Waals surface area contributed by atoms with Crippen LogP contribution < -0.4 is 0 Å². The quantitative estimate of drug-likeness (QED) is 0.537. The number of aryl methyl sites for hydroxylation is 2. The van der Waals surface area contributed by atoms with Crippen LogP contribution in [0.4, 0.5) is 0 Å². The third kappa shape index (κ3) is 5.65. The van der Waals surface area contributed by atoms with Crippen molar-refractivity contribution in [2.45, 2.75) is 50.1 Å². The molecule has 0 saturated carbocycles. The minimum Gasteiger partial charge on any atom is -0.396 e. The number of benzene rings is 2. The zero-order valence-electron chi connectivity index (χ0n) is 16.7. The summed E-state index contributed by atoms with van der Waals surface area (Å²) in [4.78, 5) is 0. The van der Waals surface area contributed by atoms with Gasteiger partial charge in [-0.15, -0.1) is 0 Å². The molecule has 29 heavy (non-hydrogen) atoms. The van der Waals surface area contributed by atoms with Crippen LogP contribution in [0.3, 0.4) is 0 Å². The van der Waals surface area contributed by atoms with E-state index in [4.69, 9.17) is 24.4 Å². The molecule has 4 atom stereocenters. The molecule has 4 rings (SSSR count). The van der Waals surface area contributed by atoms with Gasteiger partial charge >= 0.3 is 0 Å². The number of aliphatic hydroxyl groups is 2. The fourth-order valence-electron chi connectivity index (χ4n) is 3.69. The molecule has 2 saturated heterocycles. The molecule has 0 amide bonds. The predicted molar refractivity (Wildman–Crippen MR) is 110 cm³/mol. The summed E-state index contributed by atoms with van der Waals surface area (Å²) in [7, 11) is 0. The standard InChI is InChI=1S/C24H30O5/c25-13-1-3-17-5-9-19(10-6-17)23(21-15-27-21)29-24(22-16-28-22)20-11-7-18(8-12-20)4-2-14-26/h5-12,21-26H,1-4,13-16H2. The van der Waals surface area contributed by atoms with E-state index in [9.17, 15) is 0 Å². The van der Waals surface area contributed by atoms with Crippen LogP contribution in [0.1, 0.15) is 47.3 Å². The molecular formula is C24H30O5. The Morgan fingerprint density at radius 1 is 0.724 bits per heavy atom. The van der Waals surface area contributed by atoms with Gasteiger partial charge in [0.25, 0.3) is 0 Å². The van der Waals surface area contributed by atoms with Gasteiger partial charge in [-0.25, -0.2) is 0 Å². The lowest BCUT2D eigenvalue weighted by molar-refractivity contribution is -0.0419. The highest BCUT2D eigenvalue weighted by molar-refractivity contribution is 5.28. The van der Waals surface area contributed by atoms with Gasteiger partial charge in [0.15, 0.2) is 0 Å². The zero-order chi connectivity index (χ0) is 20.1. The number of hydrogen-bond acceptors (Lipinski definition) is 5. The molecular weight excluding hydrogens is 368 g/mol. The Morgan fingerprint density at radius 3 is 1.41 bits per heavy atom. The molecule has 0 bridgehead atoms. The van der Waals surface area contributed by atoms with E-state index in [0.717, 1.165) is 50.0 Å². The Hall–Kier alpha value is -1.76. The minimum atomic E-state index is -0.120. The van der Waals surface area contributed by atoms with E-state index in [0.29, 0.717) is 0 Å². The van der Waals surface area contributed by atoms with Crippen molar-refractivity contribution in [2.75, 3.05) is 26.4 Å². The zero-order valence-corrected chi connectivity index (χ0v) is 16.7. The third-order valence-electron chi connectivity index (χ3n) is 5.55. The monoisotopic (exact) mass is 398 g/mol. The Morgan fingerprint density at radius 2 is 1.10 bits per heavy atom. The average Bonchev–Trinajstić information content (AvgIpc) is 3.66. The fraction of sp³-hybridized carbons (Fsp3) is 0.500. The average molecular weight is 398 g/mol. The molecule has 0 radical (unpaired) electrons. The van der Waals surface area contributed by atoms with Gasteiger partial charge in [0.1, 0.15) is 24.4 Å². The molecule has 2 aromatic carbocycles. The van der Waals surface area contributed by atoms with Crippen molar-refractivity contribution in [1.82, 2.24) is 0 Å². The first kappa shape index (κ1) is 20.5. The normalized spacial score (nSPS) is 22.3. The summed E-state index contributed by atoms with van der Waals surface area (Å²) in [5.74, 6) is 0. The molecule has 0 aliphatic carbocycles. The Balaban J connectivity index is 1.47. The first-order chi connectivity index (χ1) is 14.3. The smallest absolute Gasteiger partial charge is 0.112 e. The van der Waals surface area contributed by atoms with Crippen molar-refractivity contribution in [1.29, 1.82) is 0 Å². The van der Waals surface area contributed by atoms with Crippen molar-refractivity contribution >= 4 is 0 Å². The number of hydrogen-bond donors (Lipinski definition) is 2. The lowest BCUT2D eigenvalue weighted by Gasteiger charge is -2.24. The van der Waals surface area contributed by atoms with E-state index in [1.54, 1.807) is 0 Å². The van der Waals surface area contributed by atoms with Crippen LogP contribution >= 0.6 is 0 Å². The molecule has 2 N–H and O–H groups in total. The van der Waals surface area contributed by atoms with Crippen molar-refractivity contribution < 1.29 is 24.4 Å². The van der Waals surface area contributed by atoms with Crippen LogP contribution in [0.2, 0.25) is 0 Å². The molecule has 156 valence electrons. The maximum atomic E-state index is 9.02. The summed E-state index contributed by atoms with van der Waals surface area (Å²) < 4.78 is 17.8. The second-order valence-corrected chi connectivity index (χ2v) is 7.86. The first-order valence-electron chi connectivity index (χ1n) is 10.6. The maximum Gasteiger partial charge on any atom is 0.112 e. The molecule has 2 aliphatic rings. The van der Waals surface area contributed by atoms with Crippen LogP contribution in [0, 0.1) is 0 Å². The summed E-state index contributed by atoms with van der Waals surface area (Å²) >= 11 is 0. The van der Waals surface area contributed by atoms with Gasteiger partial charge in [0.05, 0.1) is 13.2 Å². The number of rotatable bonds is 12. The largest absolute Gasteiger partial charge is 0.396 e. The lowest BCUT2D eigenvalue weighted by atomic mass is 10.00. The number of epoxide rings is 2. The van der Waals surface area contributed by atoms with Gasteiger partial charge in [-0.05, 0) is 47.9 Å². The summed E-state index contributed by atoms with van der Waals surface area (Å²) in [6.07, 6.45) is 3.25. The Bertz CT molecular complexity index is 684. The predicted octanol–water partition coefficient (Wildman–Crippen LogP) is 3.13. The highest BCUT2D eigenvalue weighted by Gasteiger charge is 2.42. The van der Waals surface area contributed by atoms with E-state index >= 15 is 0 Å². The summed E-state index contributed by atoms with van der Waals surface area (Å²) in [5.41, 5.74) is 4.67. The Labute approximate surface area is 172 Å². The fourth-order valence-corrected chi connectivity index (χ4v) is 3.69. The van der Waals surface area contributed by atoms with Gasteiger partial charge in [-0.3, -0.25) is 0 Å². The highest BCUT2D eigenvalue weighted by Crippen LogP contribution is 2.40. The van der Waals surface area contributed by atoms with Gasteiger partial charge in [0.2, 0.25) is 0 Å². The van der Waals surface area contributed by atoms with Crippen molar-refractivity contribution in [3.63, 3.8) is 0 Å².